The Labute approximate surface area is 153 Å². The Morgan fingerprint density at radius 3 is 2.48 bits per heavy atom. The molecule has 134 valence electrons. The number of ether oxygens (including phenoxy) is 2. The van der Waals surface area contributed by atoms with Gasteiger partial charge < -0.3 is 20.5 Å². The summed E-state index contributed by atoms with van der Waals surface area (Å²) in [5, 5.41) is 3.09. The second kappa shape index (κ2) is 8.62. The van der Waals surface area contributed by atoms with Crippen molar-refractivity contribution in [2.45, 2.75) is 25.8 Å². The molecule has 0 spiro atoms. The number of halogens is 1. The SMILES string of the molecule is CCC(NC(=O)Cc1ccc(N)cc1)c1ccc2c(c1)OCCO2.Cl. The molecule has 3 N–H and O–H groups in total. The van der Waals surface area contributed by atoms with Crippen LogP contribution >= 0.6 is 12.4 Å². The third-order valence-corrected chi connectivity index (χ3v) is 4.06. The van der Waals surface area contributed by atoms with Gasteiger partial charge in [-0.3, -0.25) is 4.79 Å². The van der Waals surface area contributed by atoms with Crippen molar-refractivity contribution in [2.75, 3.05) is 18.9 Å². The van der Waals surface area contributed by atoms with Crippen LogP contribution in [0.3, 0.4) is 0 Å². The molecule has 2 aromatic rings. The lowest BCUT2D eigenvalue weighted by molar-refractivity contribution is -0.121. The van der Waals surface area contributed by atoms with Gasteiger partial charge in [0.2, 0.25) is 5.91 Å². The van der Waals surface area contributed by atoms with Crippen molar-refractivity contribution in [1.29, 1.82) is 0 Å². The van der Waals surface area contributed by atoms with E-state index in [2.05, 4.69) is 5.32 Å². The van der Waals surface area contributed by atoms with Gasteiger partial charge in [0.05, 0.1) is 12.5 Å². The van der Waals surface area contributed by atoms with Crippen LogP contribution in [0.2, 0.25) is 0 Å². The molecule has 1 amide bonds. The Morgan fingerprint density at radius 1 is 1.12 bits per heavy atom. The van der Waals surface area contributed by atoms with E-state index in [4.69, 9.17) is 15.2 Å². The van der Waals surface area contributed by atoms with Gasteiger partial charge in [-0.15, -0.1) is 12.4 Å². The highest BCUT2D eigenvalue weighted by atomic mass is 35.5. The highest BCUT2D eigenvalue weighted by Gasteiger charge is 2.17. The van der Waals surface area contributed by atoms with Crippen LogP contribution in [0.15, 0.2) is 42.5 Å². The lowest BCUT2D eigenvalue weighted by atomic mass is 10.0. The van der Waals surface area contributed by atoms with E-state index in [0.29, 0.717) is 25.3 Å². The van der Waals surface area contributed by atoms with Gasteiger partial charge in [-0.25, -0.2) is 0 Å². The number of nitrogens with two attached hydrogens (primary N) is 1. The summed E-state index contributed by atoms with van der Waals surface area (Å²) in [5.74, 6) is 1.49. The van der Waals surface area contributed by atoms with Crippen molar-refractivity contribution in [3.8, 4) is 11.5 Å². The first-order valence-electron chi connectivity index (χ1n) is 8.19. The summed E-state index contributed by atoms with van der Waals surface area (Å²) in [5.41, 5.74) is 8.33. The van der Waals surface area contributed by atoms with Gasteiger partial charge in [0.25, 0.3) is 0 Å². The molecule has 0 aromatic heterocycles. The fourth-order valence-electron chi connectivity index (χ4n) is 2.76. The van der Waals surface area contributed by atoms with Gasteiger partial charge >= 0.3 is 0 Å². The van der Waals surface area contributed by atoms with Crippen molar-refractivity contribution in [1.82, 2.24) is 5.32 Å². The molecule has 0 aliphatic carbocycles. The third-order valence-electron chi connectivity index (χ3n) is 4.06. The van der Waals surface area contributed by atoms with Crippen LogP contribution in [0, 0.1) is 0 Å². The summed E-state index contributed by atoms with van der Waals surface area (Å²) in [4.78, 5) is 12.3. The molecule has 0 radical (unpaired) electrons. The van der Waals surface area contributed by atoms with E-state index >= 15 is 0 Å². The summed E-state index contributed by atoms with van der Waals surface area (Å²) in [7, 11) is 0. The first kappa shape index (κ1) is 18.9. The lowest BCUT2D eigenvalue weighted by Gasteiger charge is -2.22. The monoisotopic (exact) mass is 362 g/mol. The van der Waals surface area contributed by atoms with E-state index in [1.54, 1.807) is 12.1 Å². The molecule has 1 aliphatic heterocycles. The standard InChI is InChI=1S/C19H22N2O3.ClH/c1-2-16(14-5-8-17-18(12-14)24-10-9-23-17)21-19(22)11-13-3-6-15(20)7-4-13;/h3-8,12,16H,2,9-11,20H2,1H3,(H,21,22);1H. The van der Waals surface area contributed by atoms with Gasteiger partial charge in [0, 0.05) is 5.69 Å². The third kappa shape index (κ3) is 4.79. The Bertz CT molecular complexity index is 719. The maximum atomic E-state index is 12.3. The van der Waals surface area contributed by atoms with Crippen molar-refractivity contribution in [3.05, 3.63) is 53.6 Å². The van der Waals surface area contributed by atoms with E-state index in [0.717, 1.165) is 29.0 Å². The number of rotatable bonds is 5. The number of amides is 1. The van der Waals surface area contributed by atoms with E-state index in [-0.39, 0.29) is 24.4 Å². The topological polar surface area (TPSA) is 73.6 Å². The van der Waals surface area contributed by atoms with Gasteiger partial charge in [-0.05, 0) is 41.8 Å². The maximum Gasteiger partial charge on any atom is 0.224 e. The van der Waals surface area contributed by atoms with Gasteiger partial charge in [-0.2, -0.15) is 0 Å². The molecule has 0 fully saturated rings. The molecule has 0 bridgehead atoms. The molecule has 0 saturated carbocycles. The number of carbonyl (C=O) groups excluding carboxylic acids is 1. The molecule has 1 heterocycles. The number of fused-ring (bicyclic) bond motifs is 1. The predicted molar refractivity (Wildman–Crippen MR) is 100 cm³/mol. The molecule has 0 saturated heterocycles. The average molecular weight is 363 g/mol. The van der Waals surface area contributed by atoms with Crippen molar-refractivity contribution >= 4 is 24.0 Å². The first-order valence-corrected chi connectivity index (χ1v) is 8.19. The zero-order valence-corrected chi connectivity index (χ0v) is 15.0. The van der Waals surface area contributed by atoms with E-state index < -0.39 is 0 Å². The summed E-state index contributed by atoms with van der Waals surface area (Å²) in [6.45, 7) is 3.17. The minimum Gasteiger partial charge on any atom is -0.486 e. The molecular weight excluding hydrogens is 340 g/mol. The normalized spacial score (nSPS) is 13.5. The molecule has 3 rings (SSSR count). The van der Waals surface area contributed by atoms with E-state index in [9.17, 15) is 4.79 Å². The van der Waals surface area contributed by atoms with E-state index in [1.165, 1.54) is 0 Å². The minimum atomic E-state index is -0.0536. The van der Waals surface area contributed by atoms with E-state index in [1.807, 2.05) is 37.3 Å². The molecule has 1 aliphatic rings. The molecule has 1 unspecified atom stereocenters. The van der Waals surface area contributed by atoms with Gasteiger partial charge in [-0.1, -0.05) is 25.1 Å². The largest absolute Gasteiger partial charge is 0.486 e. The average Bonchev–Trinajstić information content (AvgIpc) is 2.61. The van der Waals surface area contributed by atoms with Gasteiger partial charge in [0.15, 0.2) is 11.5 Å². The Balaban J connectivity index is 0.00000225. The predicted octanol–water partition coefficient (Wildman–Crippen LogP) is 3.27. The zero-order chi connectivity index (χ0) is 16.9. The second-order valence-corrected chi connectivity index (χ2v) is 5.85. The molecule has 5 nitrogen and oxygen atoms in total. The van der Waals surface area contributed by atoms with Crippen LogP contribution in [0.4, 0.5) is 5.69 Å². The Kier molecular flexibility index (Phi) is 6.53. The van der Waals surface area contributed by atoms with Crippen LogP contribution < -0.4 is 20.5 Å². The summed E-state index contributed by atoms with van der Waals surface area (Å²) in [6.07, 6.45) is 1.13. The van der Waals surface area contributed by atoms with Crippen LogP contribution in [0.5, 0.6) is 11.5 Å². The molecule has 6 heteroatoms. The fraction of sp³-hybridized carbons (Fsp3) is 0.316. The van der Waals surface area contributed by atoms with Crippen molar-refractivity contribution < 1.29 is 14.3 Å². The number of carbonyl (C=O) groups is 1. The number of anilines is 1. The van der Waals surface area contributed by atoms with Crippen LogP contribution in [-0.2, 0) is 11.2 Å². The highest BCUT2D eigenvalue weighted by molar-refractivity contribution is 5.85. The maximum absolute atomic E-state index is 12.3. The zero-order valence-electron chi connectivity index (χ0n) is 14.2. The van der Waals surface area contributed by atoms with Gasteiger partial charge in [0.1, 0.15) is 13.2 Å². The number of nitrogens with one attached hydrogen (secondary N) is 1. The van der Waals surface area contributed by atoms with Crippen LogP contribution in [0.25, 0.3) is 0 Å². The fourth-order valence-corrected chi connectivity index (χ4v) is 2.76. The number of hydrogen-bond donors (Lipinski definition) is 2. The Morgan fingerprint density at radius 2 is 1.80 bits per heavy atom. The quantitative estimate of drug-likeness (QED) is 0.800. The van der Waals surface area contributed by atoms with Crippen molar-refractivity contribution in [2.24, 2.45) is 0 Å². The molecule has 2 aromatic carbocycles. The lowest BCUT2D eigenvalue weighted by Crippen LogP contribution is -2.29. The first-order chi connectivity index (χ1) is 11.7. The number of nitrogen functional groups attached to an aromatic ring is 1. The number of hydrogen-bond acceptors (Lipinski definition) is 4. The van der Waals surface area contributed by atoms with Crippen LogP contribution in [0.1, 0.15) is 30.5 Å². The summed E-state index contributed by atoms with van der Waals surface area (Å²) in [6, 6.07) is 13.1. The molecule has 25 heavy (non-hydrogen) atoms. The minimum absolute atomic E-state index is 0. The molecule has 1 atom stereocenters. The smallest absolute Gasteiger partial charge is 0.224 e. The van der Waals surface area contributed by atoms with Crippen LogP contribution in [-0.4, -0.2) is 19.1 Å². The second-order valence-electron chi connectivity index (χ2n) is 5.85. The highest BCUT2D eigenvalue weighted by Crippen LogP contribution is 2.33. The van der Waals surface area contributed by atoms with Crippen molar-refractivity contribution in [3.63, 3.8) is 0 Å². The summed E-state index contributed by atoms with van der Waals surface area (Å²) < 4.78 is 11.2. The number of benzene rings is 2. The Hall–Kier alpha value is -2.40. The summed E-state index contributed by atoms with van der Waals surface area (Å²) >= 11 is 0. The molecular formula is C19H23ClN2O3.